The normalized spacial score (nSPS) is 10.6. The maximum Gasteiger partial charge on any atom is 0.182 e. The number of aryl methyl sites for hydroxylation is 2. The van der Waals surface area contributed by atoms with Crippen LogP contribution in [0.5, 0.6) is 0 Å². The number of benzene rings is 2. The van der Waals surface area contributed by atoms with Gasteiger partial charge in [0.25, 0.3) is 0 Å². The van der Waals surface area contributed by atoms with Gasteiger partial charge < -0.3 is 4.98 Å². The Morgan fingerprint density at radius 2 is 1.30 bits per heavy atom. The van der Waals surface area contributed by atoms with E-state index < -0.39 is 0 Å². The van der Waals surface area contributed by atoms with Gasteiger partial charge in [-0.2, -0.15) is 10.1 Å². The first-order valence-corrected chi connectivity index (χ1v) is 9.01. The van der Waals surface area contributed by atoms with Crippen LogP contribution in [0.3, 0.4) is 0 Å². The molecule has 0 fully saturated rings. The molecular formula is C24H21N3. The van der Waals surface area contributed by atoms with E-state index in [9.17, 15) is 0 Å². The molecule has 0 aliphatic rings. The molecule has 132 valence electrons. The zero-order valence-electron chi connectivity index (χ0n) is 15.5. The van der Waals surface area contributed by atoms with Crippen molar-refractivity contribution in [1.29, 1.82) is 0 Å². The topological polar surface area (TPSA) is 30.9 Å². The summed E-state index contributed by atoms with van der Waals surface area (Å²) in [5.41, 5.74) is 11.5. The summed E-state index contributed by atoms with van der Waals surface area (Å²) in [5.74, 6) is 0.700. The predicted octanol–water partition coefficient (Wildman–Crippen LogP) is 5.79. The van der Waals surface area contributed by atoms with Crippen molar-refractivity contribution in [2.75, 3.05) is 0 Å². The van der Waals surface area contributed by atoms with Crippen LogP contribution in [0.1, 0.15) is 11.1 Å². The van der Waals surface area contributed by atoms with Gasteiger partial charge >= 0.3 is 0 Å². The van der Waals surface area contributed by atoms with Crippen molar-refractivity contribution in [3.8, 4) is 22.3 Å². The van der Waals surface area contributed by atoms with E-state index in [0.29, 0.717) is 5.82 Å². The number of pyridine rings is 2. The summed E-state index contributed by atoms with van der Waals surface area (Å²) in [5, 5.41) is 0. The van der Waals surface area contributed by atoms with Crippen molar-refractivity contribution in [3.05, 3.63) is 108 Å². The largest absolute Gasteiger partial charge is 0.437 e. The molecule has 4 aromatic rings. The monoisotopic (exact) mass is 351 g/mol. The summed E-state index contributed by atoms with van der Waals surface area (Å²) >= 11 is 0. The smallest absolute Gasteiger partial charge is 0.182 e. The molecule has 0 unspecified atom stereocenters. The van der Waals surface area contributed by atoms with Crippen molar-refractivity contribution < 1.29 is 4.68 Å². The lowest BCUT2D eigenvalue weighted by atomic mass is 10.00. The molecule has 0 atom stereocenters. The molecule has 0 bridgehead atoms. The minimum atomic E-state index is 0.700. The van der Waals surface area contributed by atoms with Crippen LogP contribution < -0.4 is 4.68 Å². The van der Waals surface area contributed by atoms with Crippen LogP contribution >= 0.6 is 0 Å². The van der Waals surface area contributed by atoms with E-state index in [1.807, 2.05) is 36.8 Å². The first-order chi connectivity index (χ1) is 13.2. The maximum absolute atomic E-state index is 4.69. The second kappa shape index (κ2) is 7.42. The molecule has 3 nitrogen and oxygen atoms in total. The molecule has 0 spiro atoms. The highest BCUT2D eigenvalue weighted by molar-refractivity contribution is 5.81. The summed E-state index contributed by atoms with van der Waals surface area (Å²) < 4.78 is 1.78. The Bertz CT molecular complexity index is 1040. The SMILES string of the molecule is Cc1ccc(-c2cnc([N-][n+]3ccccc3)c(-c3ccc(C)cc3)c2)cc1. The third-order valence-corrected chi connectivity index (χ3v) is 4.52. The van der Waals surface area contributed by atoms with Crippen LogP contribution in [0.15, 0.2) is 91.4 Å². The fourth-order valence-corrected chi connectivity index (χ4v) is 2.95. The Labute approximate surface area is 160 Å². The predicted molar refractivity (Wildman–Crippen MR) is 110 cm³/mol. The molecule has 0 aliphatic carbocycles. The summed E-state index contributed by atoms with van der Waals surface area (Å²) in [6, 6.07) is 25.1. The van der Waals surface area contributed by atoms with Crippen molar-refractivity contribution in [2.45, 2.75) is 13.8 Å². The van der Waals surface area contributed by atoms with Crippen LogP contribution in [-0.2, 0) is 0 Å². The molecule has 0 saturated heterocycles. The Kier molecular flexibility index (Phi) is 4.67. The Hall–Kier alpha value is -3.46. The third-order valence-electron chi connectivity index (χ3n) is 4.52. The van der Waals surface area contributed by atoms with Gasteiger partial charge in [-0.05, 0) is 42.2 Å². The summed E-state index contributed by atoms with van der Waals surface area (Å²) in [4.78, 5) is 4.68. The number of hydrogen-bond acceptors (Lipinski definition) is 1. The van der Waals surface area contributed by atoms with Crippen molar-refractivity contribution in [2.24, 2.45) is 0 Å². The van der Waals surface area contributed by atoms with Crippen LogP contribution in [-0.4, -0.2) is 4.98 Å². The zero-order valence-corrected chi connectivity index (χ0v) is 15.5. The molecule has 2 aromatic heterocycles. The van der Waals surface area contributed by atoms with E-state index in [-0.39, 0.29) is 0 Å². The van der Waals surface area contributed by atoms with E-state index >= 15 is 0 Å². The molecular weight excluding hydrogens is 330 g/mol. The van der Waals surface area contributed by atoms with Crippen LogP contribution in [0.4, 0.5) is 5.82 Å². The lowest BCUT2D eigenvalue weighted by Crippen LogP contribution is -2.26. The summed E-state index contributed by atoms with van der Waals surface area (Å²) in [6.07, 6.45) is 5.72. The second-order valence-electron chi connectivity index (χ2n) is 6.68. The molecule has 2 aromatic carbocycles. The standard InChI is InChI=1S/C24H21N3/c1-18-6-10-20(11-7-18)22-16-23(21-12-8-19(2)9-13-21)24(25-17-22)26-27-14-4-3-5-15-27/h3-17H,1-2H3. The fourth-order valence-electron chi connectivity index (χ4n) is 2.95. The van der Waals surface area contributed by atoms with E-state index in [1.165, 1.54) is 11.1 Å². The van der Waals surface area contributed by atoms with Crippen molar-refractivity contribution >= 4 is 5.82 Å². The lowest BCUT2D eigenvalue weighted by Gasteiger charge is -2.17. The zero-order chi connectivity index (χ0) is 18.6. The number of rotatable bonds is 4. The van der Waals surface area contributed by atoms with Crippen LogP contribution in [0.2, 0.25) is 0 Å². The van der Waals surface area contributed by atoms with Gasteiger partial charge in [-0.1, -0.05) is 71.9 Å². The molecule has 0 amide bonds. The van der Waals surface area contributed by atoms with Gasteiger partial charge in [0.05, 0.1) is 0 Å². The molecule has 0 aliphatic heterocycles. The molecule has 2 heterocycles. The van der Waals surface area contributed by atoms with Gasteiger partial charge in [-0.25, -0.2) is 0 Å². The van der Waals surface area contributed by atoms with Gasteiger partial charge in [0.15, 0.2) is 12.4 Å². The summed E-state index contributed by atoms with van der Waals surface area (Å²) in [6.45, 7) is 4.19. The molecule has 3 heteroatoms. The van der Waals surface area contributed by atoms with Gasteiger partial charge in [-0.3, -0.25) is 0 Å². The van der Waals surface area contributed by atoms with Gasteiger partial charge in [0.2, 0.25) is 0 Å². The minimum Gasteiger partial charge on any atom is -0.437 e. The quantitative estimate of drug-likeness (QED) is 0.428. The number of hydrogen-bond donors (Lipinski definition) is 0. The first-order valence-electron chi connectivity index (χ1n) is 9.01. The molecule has 4 rings (SSSR count). The lowest BCUT2D eigenvalue weighted by molar-refractivity contribution is -0.619. The van der Waals surface area contributed by atoms with E-state index in [2.05, 4.69) is 73.4 Å². The highest BCUT2D eigenvalue weighted by Gasteiger charge is 2.07. The first kappa shape index (κ1) is 17.0. The Balaban J connectivity index is 1.80. The third kappa shape index (κ3) is 3.87. The summed E-state index contributed by atoms with van der Waals surface area (Å²) in [7, 11) is 0. The molecule has 27 heavy (non-hydrogen) atoms. The van der Waals surface area contributed by atoms with Gasteiger partial charge in [0.1, 0.15) is 0 Å². The van der Waals surface area contributed by atoms with Crippen molar-refractivity contribution in [1.82, 2.24) is 4.98 Å². The molecule has 0 saturated carbocycles. The van der Waals surface area contributed by atoms with E-state index in [0.717, 1.165) is 22.3 Å². The average Bonchev–Trinajstić information content (AvgIpc) is 2.70. The van der Waals surface area contributed by atoms with Crippen LogP contribution in [0, 0.1) is 13.8 Å². The van der Waals surface area contributed by atoms with Crippen molar-refractivity contribution in [3.63, 3.8) is 0 Å². The fraction of sp³-hybridized carbons (Fsp3) is 0.0833. The molecule has 0 radical (unpaired) electrons. The van der Waals surface area contributed by atoms with Crippen LogP contribution in [0.25, 0.3) is 27.7 Å². The van der Waals surface area contributed by atoms with E-state index in [1.54, 1.807) is 4.68 Å². The van der Waals surface area contributed by atoms with E-state index in [4.69, 9.17) is 5.43 Å². The van der Waals surface area contributed by atoms with Gasteiger partial charge in [0, 0.05) is 18.0 Å². The number of aromatic nitrogens is 2. The Morgan fingerprint density at radius 1 is 0.704 bits per heavy atom. The molecule has 0 N–H and O–H groups in total. The Morgan fingerprint density at radius 3 is 1.93 bits per heavy atom. The second-order valence-corrected chi connectivity index (χ2v) is 6.68. The average molecular weight is 351 g/mol. The highest BCUT2D eigenvalue weighted by atomic mass is 15.4. The highest BCUT2D eigenvalue weighted by Crippen LogP contribution is 2.34. The minimum absolute atomic E-state index is 0.700. The number of nitrogens with zero attached hydrogens (tertiary/aromatic N) is 3. The van der Waals surface area contributed by atoms with Gasteiger partial charge in [-0.15, -0.1) is 0 Å². The maximum atomic E-state index is 4.69.